The van der Waals surface area contributed by atoms with Crippen LogP contribution in [-0.2, 0) is 0 Å². The van der Waals surface area contributed by atoms with Gasteiger partial charge in [-0.05, 0) is 56.3 Å². The van der Waals surface area contributed by atoms with Crippen molar-refractivity contribution in [2.24, 2.45) is 0 Å². The molecule has 0 atom stereocenters. The predicted molar refractivity (Wildman–Crippen MR) is 145 cm³/mol. The van der Waals surface area contributed by atoms with E-state index < -0.39 is 0 Å². The van der Waals surface area contributed by atoms with Gasteiger partial charge in [0.25, 0.3) is 0 Å². The van der Waals surface area contributed by atoms with Crippen LogP contribution in [0.15, 0.2) is 108 Å². The molecule has 0 amide bonds. The molecule has 0 unspecified atom stereocenters. The van der Waals surface area contributed by atoms with Gasteiger partial charge >= 0.3 is 0 Å². The van der Waals surface area contributed by atoms with Crippen LogP contribution in [0.3, 0.4) is 0 Å². The molecule has 1 heterocycles. The first-order chi connectivity index (χ1) is 15.8. The Bertz CT molecular complexity index is 1830. The molecule has 0 fully saturated rings. The average molecular weight is 489 g/mol. The number of hydrogen-bond acceptors (Lipinski definition) is 1. The maximum absolute atomic E-state index is 3.92. The summed E-state index contributed by atoms with van der Waals surface area (Å²) in [6.45, 7) is 0. The molecule has 0 aliphatic carbocycles. The molecule has 0 saturated heterocycles. The fourth-order valence-corrected chi connectivity index (χ4v) is 7.10. The number of fused-ring (bicyclic) bond motifs is 9. The Kier molecular flexibility index (Phi) is 3.96. The van der Waals surface area contributed by atoms with Crippen molar-refractivity contribution in [1.82, 2.24) is 0 Å². The van der Waals surface area contributed by atoms with Crippen molar-refractivity contribution < 1.29 is 0 Å². The van der Waals surface area contributed by atoms with Crippen molar-refractivity contribution >= 4 is 79.8 Å². The van der Waals surface area contributed by atoms with Crippen molar-refractivity contribution in [1.29, 1.82) is 0 Å². The summed E-state index contributed by atoms with van der Waals surface area (Å²) in [6.07, 6.45) is 0. The fourth-order valence-electron chi connectivity index (χ4n) is 5.09. The van der Waals surface area contributed by atoms with Crippen LogP contribution in [0, 0.1) is 0 Å². The molecule has 150 valence electrons. The van der Waals surface area contributed by atoms with Crippen LogP contribution in [0.5, 0.6) is 0 Å². The van der Waals surface area contributed by atoms with Gasteiger partial charge in [0.1, 0.15) is 0 Å². The molecule has 1 aromatic heterocycles. The van der Waals surface area contributed by atoms with Gasteiger partial charge in [-0.25, -0.2) is 0 Å². The minimum absolute atomic E-state index is 1.17. The van der Waals surface area contributed by atoms with E-state index in [0.29, 0.717) is 0 Å². The van der Waals surface area contributed by atoms with Crippen LogP contribution < -0.4 is 0 Å². The van der Waals surface area contributed by atoms with Crippen LogP contribution in [0.1, 0.15) is 0 Å². The largest absolute Gasteiger partial charge is 0.134 e. The summed E-state index contributed by atoms with van der Waals surface area (Å²) in [5.74, 6) is 0. The van der Waals surface area contributed by atoms with Crippen LogP contribution >= 0.6 is 27.3 Å². The van der Waals surface area contributed by atoms with Gasteiger partial charge in [-0.2, -0.15) is 0 Å². The van der Waals surface area contributed by atoms with E-state index in [0.717, 1.165) is 0 Å². The van der Waals surface area contributed by atoms with Crippen molar-refractivity contribution in [3.05, 3.63) is 108 Å². The van der Waals surface area contributed by atoms with Crippen molar-refractivity contribution in [2.45, 2.75) is 0 Å². The molecule has 0 nitrogen and oxygen atoms in total. The molecule has 32 heavy (non-hydrogen) atoms. The lowest BCUT2D eigenvalue weighted by Gasteiger charge is -2.15. The van der Waals surface area contributed by atoms with Gasteiger partial charge in [0, 0.05) is 30.0 Å². The first-order valence-corrected chi connectivity index (χ1v) is 12.3. The van der Waals surface area contributed by atoms with E-state index in [1.807, 2.05) is 11.3 Å². The van der Waals surface area contributed by atoms with E-state index in [9.17, 15) is 0 Å². The summed E-state index contributed by atoms with van der Waals surface area (Å²) in [5.41, 5.74) is 2.55. The number of hydrogen-bond donors (Lipinski definition) is 0. The summed E-state index contributed by atoms with van der Waals surface area (Å²) < 4.78 is 3.85. The second kappa shape index (κ2) is 6.90. The Hall–Kier alpha value is -3.20. The molecular formula is C30H17BrS. The minimum Gasteiger partial charge on any atom is -0.134 e. The zero-order chi connectivity index (χ0) is 21.2. The van der Waals surface area contributed by atoms with E-state index in [-0.39, 0.29) is 0 Å². The van der Waals surface area contributed by atoms with Gasteiger partial charge in [-0.3, -0.25) is 0 Å². The van der Waals surface area contributed by atoms with Gasteiger partial charge in [0.2, 0.25) is 0 Å². The maximum atomic E-state index is 3.92. The molecule has 7 aromatic rings. The number of thiophene rings is 1. The summed E-state index contributed by atoms with van der Waals surface area (Å²) in [7, 11) is 0. The van der Waals surface area contributed by atoms with Gasteiger partial charge in [-0.15, -0.1) is 11.3 Å². The number of halogens is 1. The van der Waals surface area contributed by atoms with Crippen LogP contribution in [-0.4, -0.2) is 0 Å². The molecule has 0 saturated carbocycles. The monoisotopic (exact) mass is 488 g/mol. The molecule has 0 bridgehead atoms. The van der Waals surface area contributed by atoms with Gasteiger partial charge in [0.05, 0.1) is 0 Å². The normalized spacial score (nSPS) is 11.9. The van der Waals surface area contributed by atoms with Crippen molar-refractivity contribution in [3.63, 3.8) is 0 Å². The first kappa shape index (κ1) is 18.4. The summed E-state index contributed by atoms with van der Waals surface area (Å²) in [5, 5.41) is 10.5. The Labute approximate surface area is 197 Å². The van der Waals surface area contributed by atoms with Crippen LogP contribution in [0.25, 0.3) is 63.6 Å². The van der Waals surface area contributed by atoms with Gasteiger partial charge < -0.3 is 0 Å². The second-order valence-electron chi connectivity index (χ2n) is 8.26. The Morgan fingerprint density at radius 3 is 2.16 bits per heavy atom. The first-order valence-electron chi connectivity index (χ1n) is 10.7. The summed E-state index contributed by atoms with van der Waals surface area (Å²) in [6, 6.07) is 37.6. The molecule has 0 aliphatic heterocycles. The number of benzene rings is 6. The van der Waals surface area contributed by atoms with E-state index >= 15 is 0 Å². The standard InChI is InChI=1S/C30H17BrS/c31-26-17-24-21-15-14-19-10-4-5-11-20(19)28(21)23(18-8-2-1-3-9-18)16-25(24)30-29(26)22-12-6-7-13-27(22)32-30/h1-17H. The molecular weight excluding hydrogens is 472 g/mol. The topological polar surface area (TPSA) is 0 Å². The molecule has 7 rings (SSSR count). The van der Waals surface area contributed by atoms with E-state index in [2.05, 4.69) is 119 Å². The van der Waals surface area contributed by atoms with E-state index in [1.54, 1.807) is 0 Å². The Balaban J connectivity index is 1.77. The molecule has 0 aliphatic rings. The van der Waals surface area contributed by atoms with Crippen molar-refractivity contribution in [2.75, 3.05) is 0 Å². The van der Waals surface area contributed by atoms with E-state index in [1.165, 1.54) is 68.1 Å². The highest BCUT2D eigenvalue weighted by Gasteiger charge is 2.17. The highest BCUT2D eigenvalue weighted by Crippen LogP contribution is 2.47. The lowest BCUT2D eigenvalue weighted by molar-refractivity contribution is 1.68. The smallest absolute Gasteiger partial charge is 0.0445 e. The lowest BCUT2D eigenvalue weighted by Crippen LogP contribution is -1.87. The van der Waals surface area contributed by atoms with Crippen LogP contribution in [0.4, 0.5) is 0 Å². The third-order valence-corrected chi connectivity index (χ3v) is 8.33. The third kappa shape index (κ3) is 2.54. The quantitative estimate of drug-likeness (QED) is 0.201. The molecule has 0 N–H and O–H groups in total. The highest BCUT2D eigenvalue weighted by atomic mass is 79.9. The van der Waals surface area contributed by atoms with Crippen LogP contribution in [0.2, 0.25) is 0 Å². The number of rotatable bonds is 1. The van der Waals surface area contributed by atoms with Crippen molar-refractivity contribution in [3.8, 4) is 11.1 Å². The fraction of sp³-hybridized carbons (Fsp3) is 0. The van der Waals surface area contributed by atoms with Gasteiger partial charge in [-0.1, -0.05) is 101 Å². The Morgan fingerprint density at radius 2 is 1.28 bits per heavy atom. The molecule has 2 heteroatoms. The SMILES string of the molecule is Brc1cc2c(cc(-c3ccccc3)c3c4ccccc4ccc23)c2sc3ccccc3c12. The predicted octanol–water partition coefficient (Wildman–Crippen LogP) is 9.94. The average Bonchev–Trinajstić information content (AvgIpc) is 3.25. The summed E-state index contributed by atoms with van der Waals surface area (Å²) >= 11 is 5.82. The maximum Gasteiger partial charge on any atom is 0.0445 e. The summed E-state index contributed by atoms with van der Waals surface area (Å²) in [4.78, 5) is 0. The Morgan fingerprint density at radius 1 is 0.531 bits per heavy atom. The van der Waals surface area contributed by atoms with E-state index in [4.69, 9.17) is 0 Å². The molecule has 0 radical (unpaired) electrons. The second-order valence-corrected chi connectivity index (χ2v) is 10.2. The zero-order valence-electron chi connectivity index (χ0n) is 17.1. The highest BCUT2D eigenvalue weighted by molar-refractivity contribution is 9.10. The third-order valence-electron chi connectivity index (χ3n) is 6.50. The molecule has 6 aromatic carbocycles. The zero-order valence-corrected chi connectivity index (χ0v) is 19.5. The molecule has 0 spiro atoms. The minimum atomic E-state index is 1.17. The van der Waals surface area contributed by atoms with Gasteiger partial charge in [0.15, 0.2) is 0 Å². The lowest BCUT2D eigenvalue weighted by atomic mass is 9.89.